The van der Waals surface area contributed by atoms with Crippen molar-refractivity contribution in [1.29, 1.82) is 0 Å². The van der Waals surface area contributed by atoms with Gasteiger partial charge in [0.15, 0.2) is 0 Å². The molecular weight excluding hydrogens is 316 g/mol. The Hall–Kier alpha value is -1.69. The van der Waals surface area contributed by atoms with Gasteiger partial charge in [-0.25, -0.2) is 0 Å². The molecule has 1 saturated carbocycles. The Kier molecular flexibility index (Phi) is 7.62. The van der Waals surface area contributed by atoms with Crippen molar-refractivity contribution in [1.82, 2.24) is 4.90 Å². The Morgan fingerprint density at radius 1 is 1.24 bits per heavy atom. The Balaban J connectivity index is 2.32. The average molecular weight is 346 g/mol. The molecular formula is C20H30N2O3. The van der Waals surface area contributed by atoms with E-state index in [1.54, 1.807) is 14.2 Å². The number of rotatable bonds is 9. The zero-order chi connectivity index (χ0) is 18.2. The summed E-state index contributed by atoms with van der Waals surface area (Å²) < 4.78 is 10.8. The number of hydrogen-bond donors (Lipinski definition) is 0. The van der Waals surface area contributed by atoms with E-state index in [9.17, 15) is 4.79 Å². The molecule has 1 fully saturated rings. The molecule has 3 unspecified atom stereocenters. The minimum absolute atomic E-state index is 0.0710. The summed E-state index contributed by atoms with van der Waals surface area (Å²) in [6.45, 7) is 5.06. The number of nitrogens with zero attached hydrogens (tertiary/aromatic N) is 2. The lowest BCUT2D eigenvalue weighted by atomic mass is 10.1. The molecule has 1 aromatic rings. The van der Waals surface area contributed by atoms with Gasteiger partial charge in [-0.1, -0.05) is 24.3 Å². The predicted octanol–water partition coefficient (Wildman–Crippen LogP) is 2.72. The summed E-state index contributed by atoms with van der Waals surface area (Å²) in [6, 6.07) is 10.2. The SMILES string of the molecule is C=CCN(C)C1CC(OC)CC1N(C(=O)CCOC)c1ccccc1. The van der Waals surface area contributed by atoms with Crippen LogP contribution in [0, 0.1) is 0 Å². The van der Waals surface area contributed by atoms with Gasteiger partial charge >= 0.3 is 0 Å². The van der Waals surface area contributed by atoms with E-state index in [1.165, 1.54) is 0 Å². The first-order valence-electron chi connectivity index (χ1n) is 8.82. The summed E-state index contributed by atoms with van der Waals surface area (Å²) in [5, 5.41) is 0. The molecule has 1 amide bonds. The van der Waals surface area contributed by atoms with Gasteiger partial charge in [0.05, 0.1) is 25.2 Å². The average Bonchev–Trinajstić information content (AvgIpc) is 3.05. The molecule has 0 heterocycles. The molecule has 0 radical (unpaired) electrons. The number of benzene rings is 1. The van der Waals surface area contributed by atoms with Gasteiger partial charge in [-0.15, -0.1) is 6.58 Å². The fourth-order valence-corrected chi connectivity index (χ4v) is 3.65. The molecule has 1 aromatic carbocycles. The molecule has 0 aromatic heterocycles. The van der Waals surface area contributed by atoms with Crippen LogP contribution in [0.2, 0.25) is 0 Å². The van der Waals surface area contributed by atoms with Crippen LogP contribution < -0.4 is 4.90 Å². The minimum Gasteiger partial charge on any atom is -0.384 e. The fourth-order valence-electron chi connectivity index (χ4n) is 3.65. The van der Waals surface area contributed by atoms with Crippen molar-refractivity contribution in [3.63, 3.8) is 0 Å². The van der Waals surface area contributed by atoms with Gasteiger partial charge in [0, 0.05) is 32.5 Å². The van der Waals surface area contributed by atoms with Crippen molar-refractivity contribution in [3.05, 3.63) is 43.0 Å². The lowest BCUT2D eigenvalue weighted by Gasteiger charge is -2.37. The number of likely N-dealkylation sites (N-methyl/N-ethyl adjacent to an activating group) is 1. The van der Waals surface area contributed by atoms with E-state index in [4.69, 9.17) is 9.47 Å². The van der Waals surface area contributed by atoms with E-state index >= 15 is 0 Å². The number of carbonyl (C=O) groups is 1. The van der Waals surface area contributed by atoms with Crippen LogP contribution >= 0.6 is 0 Å². The molecule has 0 spiro atoms. The van der Waals surface area contributed by atoms with Crippen LogP contribution in [0.3, 0.4) is 0 Å². The summed E-state index contributed by atoms with van der Waals surface area (Å²) in [6.07, 6.45) is 4.17. The van der Waals surface area contributed by atoms with Crippen molar-refractivity contribution in [2.24, 2.45) is 0 Å². The standard InChI is InChI=1S/C20H30N2O3/c1-5-12-21(2)18-14-17(25-4)15-19(18)22(20(23)11-13-24-3)16-9-7-6-8-10-16/h5-10,17-19H,1,11-15H2,2-4H3. The number of anilines is 1. The first-order chi connectivity index (χ1) is 12.1. The van der Waals surface area contributed by atoms with Crippen LogP contribution in [0.4, 0.5) is 5.69 Å². The number of hydrogen-bond acceptors (Lipinski definition) is 4. The highest BCUT2D eigenvalue weighted by Crippen LogP contribution is 2.33. The highest BCUT2D eigenvalue weighted by molar-refractivity contribution is 5.94. The zero-order valence-corrected chi connectivity index (χ0v) is 15.6. The third-order valence-electron chi connectivity index (χ3n) is 4.92. The number of para-hydroxylation sites is 1. The number of methoxy groups -OCH3 is 2. The topological polar surface area (TPSA) is 42.0 Å². The second-order valence-electron chi connectivity index (χ2n) is 6.53. The van der Waals surface area contributed by atoms with Crippen molar-refractivity contribution in [3.8, 4) is 0 Å². The molecule has 2 rings (SSSR count). The third-order valence-corrected chi connectivity index (χ3v) is 4.92. The van der Waals surface area contributed by atoms with Crippen molar-refractivity contribution in [2.45, 2.75) is 37.5 Å². The van der Waals surface area contributed by atoms with Gasteiger partial charge in [0.2, 0.25) is 5.91 Å². The van der Waals surface area contributed by atoms with Crippen LogP contribution in [0.5, 0.6) is 0 Å². The smallest absolute Gasteiger partial charge is 0.229 e. The zero-order valence-electron chi connectivity index (χ0n) is 15.6. The molecule has 1 aliphatic carbocycles. The normalized spacial score (nSPS) is 23.0. The Labute approximate surface area is 151 Å². The van der Waals surface area contributed by atoms with Crippen LogP contribution in [-0.2, 0) is 14.3 Å². The van der Waals surface area contributed by atoms with E-state index in [-0.39, 0.29) is 24.1 Å². The van der Waals surface area contributed by atoms with E-state index in [1.807, 2.05) is 41.3 Å². The molecule has 25 heavy (non-hydrogen) atoms. The molecule has 0 saturated heterocycles. The second kappa shape index (κ2) is 9.70. The highest BCUT2D eigenvalue weighted by Gasteiger charge is 2.42. The van der Waals surface area contributed by atoms with Gasteiger partial charge in [-0.05, 0) is 32.0 Å². The summed E-state index contributed by atoms with van der Waals surface area (Å²) >= 11 is 0. The maximum Gasteiger partial charge on any atom is 0.229 e. The lowest BCUT2D eigenvalue weighted by molar-refractivity contribution is -0.120. The van der Waals surface area contributed by atoms with Gasteiger partial charge in [-0.3, -0.25) is 9.69 Å². The molecule has 5 heteroatoms. The summed E-state index contributed by atoms with van der Waals surface area (Å²) in [5.74, 6) is 0.0896. The van der Waals surface area contributed by atoms with E-state index in [0.717, 1.165) is 25.1 Å². The van der Waals surface area contributed by atoms with Crippen molar-refractivity contribution >= 4 is 11.6 Å². The molecule has 0 N–H and O–H groups in total. The quantitative estimate of drug-likeness (QED) is 0.645. The van der Waals surface area contributed by atoms with Gasteiger partial charge < -0.3 is 14.4 Å². The number of ether oxygens (including phenoxy) is 2. The predicted molar refractivity (Wildman–Crippen MR) is 101 cm³/mol. The fraction of sp³-hybridized carbons (Fsp3) is 0.550. The van der Waals surface area contributed by atoms with Crippen LogP contribution in [-0.4, -0.2) is 63.4 Å². The van der Waals surface area contributed by atoms with Gasteiger partial charge in [-0.2, -0.15) is 0 Å². The molecule has 5 nitrogen and oxygen atoms in total. The largest absolute Gasteiger partial charge is 0.384 e. The molecule has 0 aliphatic heterocycles. The van der Waals surface area contributed by atoms with Crippen LogP contribution in [0.15, 0.2) is 43.0 Å². The number of carbonyl (C=O) groups excluding carboxylic acids is 1. The molecule has 138 valence electrons. The molecule has 1 aliphatic rings. The Morgan fingerprint density at radius 2 is 1.92 bits per heavy atom. The molecule has 0 bridgehead atoms. The Morgan fingerprint density at radius 3 is 2.52 bits per heavy atom. The summed E-state index contributed by atoms with van der Waals surface area (Å²) in [5.41, 5.74) is 0.933. The number of amides is 1. The van der Waals surface area contributed by atoms with Crippen molar-refractivity contribution in [2.75, 3.05) is 39.3 Å². The maximum absolute atomic E-state index is 13.0. The van der Waals surface area contributed by atoms with Crippen LogP contribution in [0.1, 0.15) is 19.3 Å². The van der Waals surface area contributed by atoms with Crippen LogP contribution in [0.25, 0.3) is 0 Å². The molecule has 3 atom stereocenters. The minimum atomic E-state index is 0.0710. The maximum atomic E-state index is 13.0. The van der Waals surface area contributed by atoms with Gasteiger partial charge in [0.25, 0.3) is 0 Å². The third kappa shape index (κ3) is 4.91. The summed E-state index contributed by atoms with van der Waals surface area (Å²) in [4.78, 5) is 17.2. The van der Waals surface area contributed by atoms with E-state index < -0.39 is 0 Å². The van der Waals surface area contributed by atoms with Gasteiger partial charge in [0.1, 0.15) is 0 Å². The first kappa shape index (κ1) is 19.6. The lowest BCUT2D eigenvalue weighted by Crippen LogP contribution is -2.50. The highest BCUT2D eigenvalue weighted by atomic mass is 16.5. The van der Waals surface area contributed by atoms with E-state index in [0.29, 0.717) is 13.0 Å². The Bertz CT molecular complexity index is 549. The van der Waals surface area contributed by atoms with Crippen molar-refractivity contribution < 1.29 is 14.3 Å². The monoisotopic (exact) mass is 346 g/mol. The summed E-state index contributed by atoms with van der Waals surface area (Å²) in [7, 11) is 5.45. The first-order valence-corrected chi connectivity index (χ1v) is 8.82. The van der Waals surface area contributed by atoms with E-state index in [2.05, 4.69) is 18.5 Å². The second-order valence-corrected chi connectivity index (χ2v) is 6.53.